The average Bonchev–Trinajstić information content (AvgIpc) is 2.45. The van der Waals surface area contributed by atoms with Crippen molar-refractivity contribution in [3.8, 4) is 17.6 Å². The Labute approximate surface area is 114 Å². The summed E-state index contributed by atoms with van der Waals surface area (Å²) in [6, 6.07) is 12.1. The molecule has 98 valence electrons. The molecule has 19 heavy (non-hydrogen) atoms. The van der Waals surface area contributed by atoms with Gasteiger partial charge in [-0.15, -0.1) is 0 Å². The van der Waals surface area contributed by atoms with Crippen LogP contribution in [0.1, 0.15) is 25.8 Å². The number of rotatable bonds is 3. The zero-order valence-electron chi connectivity index (χ0n) is 11.3. The first-order valence-corrected chi connectivity index (χ1v) is 6.54. The third-order valence-corrected chi connectivity index (χ3v) is 3.09. The molecule has 2 aromatic rings. The number of aliphatic hydroxyl groups excluding tert-OH is 1. The van der Waals surface area contributed by atoms with Crippen LogP contribution in [-0.2, 0) is 0 Å². The van der Waals surface area contributed by atoms with Gasteiger partial charge in [0.05, 0.1) is 11.7 Å². The minimum Gasteiger partial charge on any atom is -0.489 e. The molecule has 2 nitrogen and oxygen atoms in total. The van der Waals surface area contributed by atoms with Gasteiger partial charge in [-0.3, -0.25) is 0 Å². The number of hydrogen-bond acceptors (Lipinski definition) is 2. The number of fused-ring (bicyclic) bond motifs is 1. The lowest BCUT2D eigenvalue weighted by Crippen LogP contribution is -2.10. The van der Waals surface area contributed by atoms with Crippen LogP contribution in [0.15, 0.2) is 36.4 Å². The second kappa shape index (κ2) is 6.26. The van der Waals surface area contributed by atoms with E-state index in [1.54, 1.807) is 0 Å². The van der Waals surface area contributed by atoms with Gasteiger partial charge in [0, 0.05) is 5.39 Å². The fourth-order valence-corrected chi connectivity index (χ4v) is 1.91. The third kappa shape index (κ3) is 3.07. The lowest BCUT2D eigenvalue weighted by atomic mass is 10.0. The molecule has 0 fully saturated rings. The minimum atomic E-state index is -0.147. The average molecular weight is 254 g/mol. The highest BCUT2D eigenvalue weighted by molar-refractivity contribution is 5.90. The third-order valence-electron chi connectivity index (χ3n) is 3.09. The first kappa shape index (κ1) is 13.5. The van der Waals surface area contributed by atoms with Crippen LogP contribution < -0.4 is 4.74 Å². The molecule has 2 heteroatoms. The fraction of sp³-hybridized carbons (Fsp3) is 0.294. The second-order valence-electron chi connectivity index (χ2n) is 4.46. The van der Waals surface area contributed by atoms with E-state index >= 15 is 0 Å². The van der Waals surface area contributed by atoms with Crippen molar-refractivity contribution < 1.29 is 9.84 Å². The van der Waals surface area contributed by atoms with Gasteiger partial charge in [0.1, 0.15) is 12.4 Å². The summed E-state index contributed by atoms with van der Waals surface area (Å²) in [5, 5.41) is 11.1. The number of hydrogen-bond donors (Lipinski definition) is 1. The van der Waals surface area contributed by atoms with Crippen LogP contribution in [-0.4, -0.2) is 17.8 Å². The van der Waals surface area contributed by atoms with E-state index in [-0.39, 0.29) is 12.7 Å². The number of aliphatic hydroxyl groups is 1. The van der Waals surface area contributed by atoms with Crippen molar-refractivity contribution in [3.63, 3.8) is 0 Å². The molecule has 0 spiro atoms. The molecule has 2 rings (SSSR count). The van der Waals surface area contributed by atoms with Gasteiger partial charge in [0.15, 0.2) is 0 Å². The summed E-state index contributed by atoms with van der Waals surface area (Å²) in [4.78, 5) is 0. The highest BCUT2D eigenvalue weighted by Gasteiger charge is 2.09. The highest BCUT2D eigenvalue weighted by Crippen LogP contribution is 2.28. The van der Waals surface area contributed by atoms with Gasteiger partial charge in [-0.2, -0.15) is 0 Å². The summed E-state index contributed by atoms with van der Waals surface area (Å²) in [5.41, 5.74) is 0.854. The maximum Gasteiger partial charge on any atom is 0.135 e. The topological polar surface area (TPSA) is 29.5 Å². The monoisotopic (exact) mass is 254 g/mol. The molecule has 0 aromatic heterocycles. The summed E-state index contributed by atoms with van der Waals surface area (Å²) in [6.45, 7) is 3.98. The molecule has 0 saturated carbocycles. The van der Waals surface area contributed by atoms with Crippen molar-refractivity contribution in [1.82, 2.24) is 0 Å². The Kier molecular flexibility index (Phi) is 4.43. The van der Waals surface area contributed by atoms with Crippen LogP contribution >= 0.6 is 0 Å². The Morgan fingerprint density at radius 1 is 1.21 bits per heavy atom. The molecule has 1 atom stereocenters. The van der Waals surface area contributed by atoms with Crippen molar-refractivity contribution >= 4 is 10.8 Å². The second-order valence-corrected chi connectivity index (χ2v) is 4.46. The maximum absolute atomic E-state index is 8.90. The molecule has 0 aliphatic heterocycles. The molecule has 0 bridgehead atoms. The van der Waals surface area contributed by atoms with Gasteiger partial charge in [-0.25, -0.2) is 0 Å². The van der Waals surface area contributed by atoms with Crippen molar-refractivity contribution in [2.45, 2.75) is 26.4 Å². The van der Waals surface area contributed by atoms with Gasteiger partial charge >= 0.3 is 0 Å². The van der Waals surface area contributed by atoms with E-state index in [9.17, 15) is 0 Å². The summed E-state index contributed by atoms with van der Waals surface area (Å²) in [5.74, 6) is 6.51. The molecule has 1 unspecified atom stereocenters. The van der Waals surface area contributed by atoms with Gasteiger partial charge in [-0.1, -0.05) is 49.1 Å². The van der Waals surface area contributed by atoms with E-state index in [0.29, 0.717) is 0 Å². The van der Waals surface area contributed by atoms with E-state index in [1.165, 1.54) is 0 Å². The first-order valence-electron chi connectivity index (χ1n) is 6.54. The molecule has 0 heterocycles. The standard InChI is InChI=1S/C17H18O2/c1-3-13(2)19-17-11-10-14-7-4-5-8-15(14)16(17)9-6-12-18/h4-5,7-8,10-11,13,18H,3,12H2,1-2H3. The lowest BCUT2D eigenvalue weighted by molar-refractivity contribution is 0.217. The summed E-state index contributed by atoms with van der Waals surface area (Å²) in [6.07, 6.45) is 1.09. The van der Waals surface area contributed by atoms with Crippen molar-refractivity contribution in [1.29, 1.82) is 0 Å². The fourth-order valence-electron chi connectivity index (χ4n) is 1.91. The normalized spacial score (nSPS) is 11.7. The van der Waals surface area contributed by atoms with Crippen molar-refractivity contribution in [2.24, 2.45) is 0 Å². The molecular weight excluding hydrogens is 236 g/mol. The maximum atomic E-state index is 8.90. The van der Waals surface area contributed by atoms with Crippen LogP contribution in [0, 0.1) is 11.8 Å². The summed E-state index contributed by atoms with van der Waals surface area (Å²) < 4.78 is 5.92. The first-order chi connectivity index (χ1) is 9.26. The Hall–Kier alpha value is -1.98. The van der Waals surface area contributed by atoms with Gasteiger partial charge in [-0.05, 0) is 24.8 Å². The largest absolute Gasteiger partial charge is 0.489 e. The van der Waals surface area contributed by atoms with Crippen LogP contribution in [0.5, 0.6) is 5.75 Å². The lowest BCUT2D eigenvalue weighted by Gasteiger charge is -2.15. The highest BCUT2D eigenvalue weighted by atomic mass is 16.5. The zero-order chi connectivity index (χ0) is 13.7. The Bertz CT molecular complexity index is 620. The minimum absolute atomic E-state index is 0.147. The van der Waals surface area contributed by atoms with E-state index in [2.05, 4.69) is 18.8 Å². The van der Waals surface area contributed by atoms with Crippen LogP contribution in [0.4, 0.5) is 0 Å². The Balaban J connectivity index is 2.56. The van der Waals surface area contributed by atoms with E-state index in [1.807, 2.05) is 43.3 Å². The molecule has 0 amide bonds. The smallest absolute Gasteiger partial charge is 0.135 e. The molecule has 2 aromatic carbocycles. The molecule has 0 aliphatic rings. The summed E-state index contributed by atoms with van der Waals surface area (Å²) in [7, 11) is 0. The Morgan fingerprint density at radius 2 is 2.00 bits per heavy atom. The predicted molar refractivity (Wildman–Crippen MR) is 78.3 cm³/mol. The quantitative estimate of drug-likeness (QED) is 0.851. The van der Waals surface area contributed by atoms with E-state index in [0.717, 1.165) is 28.5 Å². The zero-order valence-corrected chi connectivity index (χ0v) is 11.3. The summed E-state index contributed by atoms with van der Waals surface area (Å²) >= 11 is 0. The van der Waals surface area contributed by atoms with Crippen LogP contribution in [0.3, 0.4) is 0 Å². The van der Waals surface area contributed by atoms with Gasteiger partial charge in [0.2, 0.25) is 0 Å². The number of benzene rings is 2. The predicted octanol–water partition coefficient (Wildman–Crippen LogP) is 3.36. The Morgan fingerprint density at radius 3 is 2.74 bits per heavy atom. The van der Waals surface area contributed by atoms with Crippen LogP contribution in [0.25, 0.3) is 10.8 Å². The van der Waals surface area contributed by atoms with E-state index < -0.39 is 0 Å². The van der Waals surface area contributed by atoms with Crippen LogP contribution in [0.2, 0.25) is 0 Å². The molecule has 0 aliphatic carbocycles. The molecule has 0 radical (unpaired) electrons. The van der Waals surface area contributed by atoms with Crippen molar-refractivity contribution in [3.05, 3.63) is 42.0 Å². The van der Waals surface area contributed by atoms with Crippen molar-refractivity contribution in [2.75, 3.05) is 6.61 Å². The van der Waals surface area contributed by atoms with Gasteiger partial charge in [0.25, 0.3) is 0 Å². The molecule has 1 N–H and O–H groups in total. The van der Waals surface area contributed by atoms with Gasteiger partial charge < -0.3 is 9.84 Å². The molecule has 0 saturated heterocycles. The SMILES string of the molecule is CCC(C)Oc1ccc2ccccc2c1C#CCO. The van der Waals surface area contributed by atoms with E-state index in [4.69, 9.17) is 9.84 Å². The molecular formula is C17H18O2. The number of ether oxygens (including phenoxy) is 1.